The number of hydrogen-bond donors (Lipinski definition) is 0. The van der Waals surface area contributed by atoms with E-state index in [2.05, 4.69) is 0 Å². The molecule has 0 fully saturated rings. The molecule has 0 aliphatic heterocycles. The van der Waals surface area contributed by atoms with Crippen LogP contribution in [0.25, 0.3) is 0 Å². The maximum atomic E-state index is 8.12. The Bertz CT molecular complexity index is 34.5. The van der Waals surface area contributed by atoms with Gasteiger partial charge in [0, 0.05) is 50.3 Å². The molecule has 0 aliphatic rings. The summed E-state index contributed by atoms with van der Waals surface area (Å²) in [6, 6.07) is 0. The van der Waals surface area contributed by atoms with Gasteiger partial charge in [-0.05, 0) is 0 Å². The van der Waals surface area contributed by atoms with Crippen molar-refractivity contribution in [3.8, 4) is 0 Å². The maximum absolute atomic E-state index is 8.12. The maximum Gasteiger partial charge on any atom is 0.373 e. The van der Waals surface area contributed by atoms with Gasteiger partial charge in [-0.1, -0.05) is 0 Å². The summed E-state index contributed by atoms with van der Waals surface area (Å²) < 4.78 is 0. The second-order valence-corrected chi connectivity index (χ2v) is 0.0833. The van der Waals surface area contributed by atoms with Crippen LogP contribution in [-0.2, 0) is 59.9 Å². The van der Waals surface area contributed by atoms with E-state index >= 15 is 0 Å². The van der Waals surface area contributed by atoms with Crippen LogP contribution in [-0.4, -0.2) is 6.15 Å². The van der Waals surface area contributed by atoms with Crippen molar-refractivity contribution in [3.63, 3.8) is 0 Å². The summed E-state index contributed by atoms with van der Waals surface area (Å²) in [5.74, 6) is 0. The molecule has 0 aromatic carbocycles. The first-order valence-corrected chi connectivity index (χ1v) is 0.408. The second-order valence-electron chi connectivity index (χ2n) is 0.0833. The van der Waals surface area contributed by atoms with Crippen LogP contribution in [0.4, 0.5) is 0 Å². The average Bonchev–Trinajstić information content (AvgIpc) is 0.918. The third-order valence-corrected chi connectivity index (χ3v) is 0. The van der Waals surface area contributed by atoms with E-state index in [-0.39, 0.29) is 56.5 Å². The summed E-state index contributed by atoms with van der Waals surface area (Å²) in [5.41, 5.74) is 0. The Kier molecular flexibility index (Phi) is 187. The molecule has 2 radical (unpaired) electrons. The van der Waals surface area contributed by atoms with Crippen molar-refractivity contribution in [2.75, 3.05) is 0 Å². The monoisotopic (exact) mass is 216 g/mol. The molecule has 0 amide bonds. The van der Waals surface area contributed by atoms with E-state index in [0.29, 0.717) is 0 Å². The molecule has 5 heteroatoms. The molecule has 0 aromatic rings. The van der Waals surface area contributed by atoms with Gasteiger partial charge in [0.1, 0.15) is 0 Å². The van der Waals surface area contributed by atoms with Crippen LogP contribution in [0, 0.1) is 0 Å². The predicted molar refractivity (Wildman–Crippen MR) is 5.01 cm³/mol. The summed E-state index contributed by atoms with van der Waals surface area (Å²) in [5, 5.41) is 0. The first-order chi connectivity index (χ1) is 1.41. The van der Waals surface area contributed by atoms with Gasteiger partial charge in [-0.2, -0.15) is 9.59 Å². The van der Waals surface area contributed by atoms with Crippen LogP contribution in [0.5, 0.6) is 0 Å². The van der Waals surface area contributed by atoms with Gasteiger partial charge in [0.05, 0.1) is 0 Å². The average molecular weight is 217 g/mol. The summed E-state index contributed by atoms with van der Waals surface area (Å²) in [4.78, 5) is 16.2. The van der Waals surface area contributed by atoms with E-state index in [9.17, 15) is 0 Å². The molecule has 6 heavy (non-hydrogen) atoms. The van der Waals surface area contributed by atoms with E-state index in [4.69, 9.17) is 9.59 Å². The Morgan fingerprint density at radius 3 is 1.17 bits per heavy atom. The Morgan fingerprint density at radius 1 is 1.17 bits per heavy atom. The number of rotatable bonds is 0. The summed E-state index contributed by atoms with van der Waals surface area (Å²) in [7, 11) is 0. The zero-order valence-electron chi connectivity index (χ0n) is 2.34. The zero-order valence-corrected chi connectivity index (χ0v) is 5.55. The van der Waals surface area contributed by atoms with Crippen LogP contribution >= 0.6 is 0 Å². The summed E-state index contributed by atoms with van der Waals surface area (Å²) >= 11 is 0. The molecule has 0 spiro atoms. The summed E-state index contributed by atoms with van der Waals surface area (Å²) in [6.07, 6.45) is 0.250. The van der Waals surface area contributed by atoms with Crippen molar-refractivity contribution in [2.45, 2.75) is 0 Å². The van der Waals surface area contributed by atoms with E-state index in [1.807, 2.05) is 0 Å². The van der Waals surface area contributed by atoms with E-state index in [1.165, 1.54) is 0 Å². The first kappa shape index (κ1) is 28.6. The third-order valence-electron chi connectivity index (χ3n) is 0. The molecular weight excluding hydrogens is 217 g/mol. The number of carbonyl (C=O) groups excluding carboxylic acids is 2. The Balaban J connectivity index is -0.00000000667. The molecule has 0 saturated heterocycles. The van der Waals surface area contributed by atoms with Gasteiger partial charge in [-0.15, -0.1) is 0 Å². The minimum Gasteiger partial charge on any atom is -0.186 e. The fraction of sp³-hybridized carbons (Fsp3) is 0. The molecule has 0 aromatic heterocycles. The van der Waals surface area contributed by atoms with E-state index < -0.39 is 0 Å². The van der Waals surface area contributed by atoms with Crippen molar-refractivity contribution in [1.82, 2.24) is 0 Å². The molecule has 0 heterocycles. The normalized spacial score (nSPS) is 1.33. The molecule has 0 bridgehead atoms. The Labute approximate surface area is 66.0 Å². The standard InChI is InChI=1S/CO2.Co.Mn.Ni/c2-1-3;;;. The molecule has 0 unspecified atom stereocenters. The number of hydrogen-bond acceptors (Lipinski definition) is 2. The Hall–Kier alpha value is 0.899. The fourth-order valence-electron chi connectivity index (χ4n) is 0. The largest absolute Gasteiger partial charge is 0.373 e. The molecule has 0 saturated carbocycles. The van der Waals surface area contributed by atoms with Crippen LogP contribution in [0.1, 0.15) is 0 Å². The molecular formula is CCoMnNiO2. The smallest absolute Gasteiger partial charge is 0.186 e. The van der Waals surface area contributed by atoms with Crippen molar-refractivity contribution < 1.29 is 59.9 Å². The van der Waals surface area contributed by atoms with Gasteiger partial charge in [0.15, 0.2) is 0 Å². The minimum atomic E-state index is 0. The summed E-state index contributed by atoms with van der Waals surface area (Å²) in [6.45, 7) is 0. The molecule has 0 rings (SSSR count). The third kappa shape index (κ3) is 92.1. The predicted octanol–water partition coefficient (Wildman–Crippen LogP) is -0.591. The van der Waals surface area contributed by atoms with Gasteiger partial charge in [0.2, 0.25) is 0 Å². The van der Waals surface area contributed by atoms with Crippen LogP contribution in [0.3, 0.4) is 0 Å². The van der Waals surface area contributed by atoms with Crippen LogP contribution < -0.4 is 0 Å². The van der Waals surface area contributed by atoms with Crippen molar-refractivity contribution in [1.29, 1.82) is 0 Å². The first-order valence-electron chi connectivity index (χ1n) is 0.408. The molecule has 2 nitrogen and oxygen atoms in total. The fourth-order valence-corrected chi connectivity index (χ4v) is 0. The van der Waals surface area contributed by atoms with Crippen molar-refractivity contribution >= 4 is 6.15 Å². The molecule has 0 aliphatic carbocycles. The molecule has 0 N–H and O–H groups in total. The van der Waals surface area contributed by atoms with Crippen molar-refractivity contribution in [2.24, 2.45) is 0 Å². The van der Waals surface area contributed by atoms with Gasteiger partial charge in [-0.25, -0.2) is 0 Å². The Morgan fingerprint density at radius 2 is 1.17 bits per heavy atom. The van der Waals surface area contributed by atoms with Crippen LogP contribution in [0.15, 0.2) is 0 Å². The SMILES string of the molecule is O=C=O.[Co].[Mn].[Ni]. The van der Waals surface area contributed by atoms with Gasteiger partial charge in [0.25, 0.3) is 0 Å². The van der Waals surface area contributed by atoms with Gasteiger partial charge in [-0.3, -0.25) is 0 Å². The molecule has 0 atom stereocenters. The van der Waals surface area contributed by atoms with Gasteiger partial charge >= 0.3 is 6.15 Å². The van der Waals surface area contributed by atoms with Crippen LogP contribution in [0.2, 0.25) is 0 Å². The second kappa shape index (κ2) is 39.3. The zero-order chi connectivity index (χ0) is 2.71. The minimum absolute atomic E-state index is 0. The molecule has 42 valence electrons. The van der Waals surface area contributed by atoms with Crippen molar-refractivity contribution in [3.05, 3.63) is 0 Å². The van der Waals surface area contributed by atoms with E-state index in [1.54, 1.807) is 0 Å². The van der Waals surface area contributed by atoms with E-state index in [0.717, 1.165) is 0 Å². The topological polar surface area (TPSA) is 34.1 Å². The van der Waals surface area contributed by atoms with Gasteiger partial charge < -0.3 is 0 Å². The quantitative estimate of drug-likeness (QED) is 0.507.